The molecule has 0 unspecified atom stereocenters. The maximum absolute atomic E-state index is 11.4. The van der Waals surface area contributed by atoms with Gasteiger partial charge in [-0.1, -0.05) is 0 Å². The van der Waals surface area contributed by atoms with Crippen LogP contribution < -0.4 is 10.0 Å². The van der Waals surface area contributed by atoms with Gasteiger partial charge in [0.05, 0.1) is 30.3 Å². The Morgan fingerprint density at radius 3 is 2.47 bits per heavy atom. The molecule has 0 aliphatic carbocycles. The highest BCUT2D eigenvalue weighted by molar-refractivity contribution is 7.92. The molecule has 0 saturated carbocycles. The van der Waals surface area contributed by atoms with Gasteiger partial charge in [-0.25, -0.2) is 13.2 Å². The number of rotatable bonds is 4. The SMILES string of the molecule is CNc1cc(NS(C)(=O)=O)ccc1C(=O)OC. The molecule has 0 amide bonds. The van der Waals surface area contributed by atoms with Gasteiger partial charge in [-0.2, -0.15) is 0 Å². The van der Waals surface area contributed by atoms with E-state index in [-0.39, 0.29) is 0 Å². The minimum Gasteiger partial charge on any atom is -0.465 e. The van der Waals surface area contributed by atoms with E-state index in [2.05, 4.69) is 14.8 Å². The zero-order valence-corrected chi connectivity index (χ0v) is 10.6. The van der Waals surface area contributed by atoms with Crippen molar-refractivity contribution in [1.29, 1.82) is 0 Å². The van der Waals surface area contributed by atoms with Crippen molar-refractivity contribution in [1.82, 2.24) is 0 Å². The summed E-state index contributed by atoms with van der Waals surface area (Å²) < 4.78 is 29.0. The number of hydrogen-bond donors (Lipinski definition) is 2. The Kier molecular flexibility index (Phi) is 3.95. The highest BCUT2D eigenvalue weighted by Crippen LogP contribution is 2.21. The molecule has 0 radical (unpaired) electrons. The van der Waals surface area contributed by atoms with Crippen LogP contribution in [0.25, 0.3) is 0 Å². The van der Waals surface area contributed by atoms with Crippen LogP contribution in [0.3, 0.4) is 0 Å². The van der Waals surface area contributed by atoms with Crippen molar-refractivity contribution in [3.63, 3.8) is 0 Å². The van der Waals surface area contributed by atoms with Crippen LogP contribution in [-0.4, -0.2) is 34.8 Å². The van der Waals surface area contributed by atoms with Gasteiger partial charge in [0, 0.05) is 7.05 Å². The summed E-state index contributed by atoms with van der Waals surface area (Å²) in [5.74, 6) is -0.486. The van der Waals surface area contributed by atoms with E-state index >= 15 is 0 Å². The molecule has 0 fully saturated rings. The Balaban J connectivity index is 3.13. The van der Waals surface area contributed by atoms with Crippen LogP contribution in [0.15, 0.2) is 18.2 Å². The standard InChI is InChI=1S/C10H14N2O4S/c1-11-9-6-7(12-17(3,14)15)4-5-8(9)10(13)16-2/h4-6,11-12H,1-3H3. The predicted molar refractivity (Wildman–Crippen MR) is 65.8 cm³/mol. The molecule has 0 bridgehead atoms. The zero-order chi connectivity index (χ0) is 13.1. The quantitative estimate of drug-likeness (QED) is 0.783. The highest BCUT2D eigenvalue weighted by Gasteiger charge is 2.12. The number of hydrogen-bond acceptors (Lipinski definition) is 5. The number of methoxy groups -OCH3 is 1. The van der Waals surface area contributed by atoms with Crippen LogP contribution in [0.1, 0.15) is 10.4 Å². The molecule has 2 N–H and O–H groups in total. The second-order valence-electron chi connectivity index (χ2n) is 3.38. The molecule has 0 saturated heterocycles. The van der Waals surface area contributed by atoms with Crippen molar-refractivity contribution >= 4 is 27.4 Å². The van der Waals surface area contributed by atoms with Crippen LogP contribution in [0.4, 0.5) is 11.4 Å². The fourth-order valence-corrected chi connectivity index (χ4v) is 1.87. The van der Waals surface area contributed by atoms with Gasteiger partial charge in [-0.05, 0) is 18.2 Å². The van der Waals surface area contributed by atoms with Gasteiger partial charge < -0.3 is 10.1 Å². The lowest BCUT2D eigenvalue weighted by Crippen LogP contribution is -2.11. The maximum Gasteiger partial charge on any atom is 0.339 e. The number of carbonyl (C=O) groups excluding carboxylic acids is 1. The zero-order valence-electron chi connectivity index (χ0n) is 9.77. The van der Waals surface area contributed by atoms with E-state index in [0.717, 1.165) is 6.26 Å². The van der Waals surface area contributed by atoms with Crippen LogP contribution in [0, 0.1) is 0 Å². The molecule has 0 heterocycles. The number of ether oxygens (including phenoxy) is 1. The second kappa shape index (κ2) is 5.05. The normalized spacial score (nSPS) is 10.8. The molecule has 0 spiro atoms. The third kappa shape index (κ3) is 3.63. The van der Waals surface area contributed by atoms with E-state index in [0.29, 0.717) is 16.9 Å². The van der Waals surface area contributed by atoms with Crippen LogP contribution in [-0.2, 0) is 14.8 Å². The van der Waals surface area contributed by atoms with Crippen LogP contribution >= 0.6 is 0 Å². The number of sulfonamides is 1. The molecule has 1 aromatic carbocycles. The first-order valence-corrected chi connectivity index (χ1v) is 6.64. The molecular weight excluding hydrogens is 244 g/mol. The van der Waals surface area contributed by atoms with Gasteiger partial charge in [-0.15, -0.1) is 0 Å². The lowest BCUT2D eigenvalue weighted by molar-refractivity contribution is 0.0602. The average Bonchev–Trinajstić information content (AvgIpc) is 2.25. The molecule has 94 valence electrons. The van der Waals surface area contributed by atoms with Crippen LogP contribution in [0.2, 0.25) is 0 Å². The number of benzene rings is 1. The van der Waals surface area contributed by atoms with Gasteiger partial charge in [0.1, 0.15) is 0 Å². The Morgan fingerprint density at radius 2 is 2.00 bits per heavy atom. The molecule has 0 atom stereocenters. The van der Waals surface area contributed by atoms with Gasteiger partial charge >= 0.3 is 5.97 Å². The fourth-order valence-electron chi connectivity index (χ4n) is 1.32. The van der Waals surface area contributed by atoms with Gasteiger partial charge in [0.15, 0.2) is 0 Å². The summed E-state index contributed by atoms with van der Waals surface area (Å²) in [6.07, 6.45) is 1.06. The van der Waals surface area contributed by atoms with E-state index in [1.54, 1.807) is 7.05 Å². The molecule has 0 aliphatic rings. The molecule has 0 aromatic heterocycles. The molecule has 17 heavy (non-hydrogen) atoms. The van der Waals surface area contributed by atoms with Crippen molar-refractivity contribution in [3.05, 3.63) is 23.8 Å². The number of anilines is 2. The minimum atomic E-state index is -3.33. The smallest absolute Gasteiger partial charge is 0.339 e. The summed E-state index contributed by atoms with van der Waals surface area (Å²) in [6, 6.07) is 4.51. The van der Waals surface area contributed by atoms with Crippen molar-refractivity contribution < 1.29 is 17.9 Å². The van der Waals surface area contributed by atoms with Crippen molar-refractivity contribution in [3.8, 4) is 0 Å². The van der Waals surface area contributed by atoms with Crippen LogP contribution in [0.5, 0.6) is 0 Å². The fraction of sp³-hybridized carbons (Fsp3) is 0.300. The summed E-state index contributed by atoms with van der Waals surface area (Å²) in [4.78, 5) is 11.4. The van der Waals surface area contributed by atoms with Crippen molar-refractivity contribution in [2.45, 2.75) is 0 Å². The second-order valence-corrected chi connectivity index (χ2v) is 5.12. The first-order chi connectivity index (χ1) is 7.87. The summed E-state index contributed by atoms with van der Waals surface area (Å²) in [7, 11) is -0.422. The molecule has 7 heteroatoms. The van der Waals surface area contributed by atoms with Crippen molar-refractivity contribution in [2.24, 2.45) is 0 Å². The molecule has 1 aromatic rings. The largest absolute Gasteiger partial charge is 0.465 e. The summed E-state index contributed by atoms with van der Waals surface area (Å²) in [6.45, 7) is 0. The van der Waals surface area contributed by atoms with E-state index in [1.807, 2.05) is 0 Å². The number of nitrogens with one attached hydrogen (secondary N) is 2. The topological polar surface area (TPSA) is 84.5 Å². The van der Waals surface area contributed by atoms with E-state index in [9.17, 15) is 13.2 Å². The van der Waals surface area contributed by atoms with E-state index < -0.39 is 16.0 Å². The molecule has 6 nitrogen and oxygen atoms in total. The Hall–Kier alpha value is -1.76. The third-order valence-electron chi connectivity index (χ3n) is 2.00. The predicted octanol–water partition coefficient (Wildman–Crippen LogP) is 0.886. The van der Waals surface area contributed by atoms with E-state index in [4.69, 9.17) is 0 Å². The van der Waals surface area contributed by atoms with Gasteiger partial charge in [-0.3, -0.25) is 4.72 Å². The third-order valence-corrected chi connectivity index (χ3v) is 2.60. The molecule has 1 rings (SSSR count). The van der Waals surface area contributed by atoms with E-state index in [1.165, 1.54) is 25.3 Å². The summed E-state index contributed by atoms with van der Waals surface area (Å²) in [5, 5.41) is 2.80. The molecule has 0 aliphatic heterocycles. The average molecular weight is 258 g/mol. The summed E-state index contributed by atoms with van der Waals surface area (Å²) >= 11 is 0. The Morgan fingerprint density at radius 1 is 1.35 bits per heavy atom. The number of esters is 1. The lowest BCUT2D eigenvalue weighted by Gasteiger charge is -2.10. The molecular formula is C10H14N2O4S. The summed E-state index contributed by atoms with van der Waals surface area (Å²) in [5.41, 5.74) is 1.21. The highest BCUT2D eigenvalue weighted by atomic mass is 32.2. The Bertz CT molecular complexity index is 525. The Labute approximate surface area is 100 Å². The monoisotopic (exact) mass is 258 g/mol. The number of carbonyl (C=O) groups is 1. The first kappa shape index (κ1) is 13.3. The van der Waals surface area contributed by atoms with Gasteiger partial charge in [0.2, 0.25) is 10.0 Å². The van der Waals surface area contributed by atoms with Gasteiger partial charge in [0.25, 0.3) is 0 Å². The first-order valence-electron chi connectivity index (χ1n) is 4.75. The maximum atomic E-state index is 11.4. The minimum absolute atomic E-state index is 0.342. The lowest BCUT2D eigenvalue weighted by atomic mass is 10.1. The van der Waals surface area contributed by atoms with Crippen molar-refractivity contribution in [2.75, 3.05) is 30.5 Å².